The number of allylic oxidation sites excluding steroid dienone is 5. The lowest BCUT2D eigenvalue weighted by atomic mass is 9.76. The maximum Gasteiger partial charge on any atom is 0.293 e. The van der Waals surface area contributed by atoms with Crippen molar-refractivity contribution in [3.8, 4) is 0 Å². The van der Waals surface area contributed by atoms with Crippen molar-refractivity contribution < 1.29 is 34.0 Å². The predicted octanol–water partition coefficient (Wildman–Crippen LogP) is 9.93. The Morgan fingerprint density at radius 3 is 2.40 bits per heavy atom. The minimum Gasteiger partial charge on any atom is -0.464 e. The Hall–Kier alpha value is -2.10. The lowest BCUT2D eigenvalue weighted by Gasteiger charge is -2.51. The SMILES string of the molecule is C.C.C.CC.CC1=CCC2/C(=C/C=C/CC/C(C)=C/C[C@@H]3CC(OC=O)CC4(CCC(C)C(C5CCCCC5)O4)O3)COC2C1=N.CO.CO. The van der Waals surface area contributed by atoms with Crippen LogP contribution in [0.1, 0.15) is 140 Å². The second-order valence-corrected chi connectivity index (χ2v) is 13.3. The number of rotatable bonds is 9. The number of aliphatic hydroxyl groups excluding tert-OH is 2. The van der Waals surface area contributed by atoms with Gasteiger partial charge >= 0.3 is 0 Å². The summed E-state index contributed by atoms with van der Waals surface area (Å²) in [4.78, 5) is 11.3. The minimum absolute atomic E-state index is 0. The van der Waals surface area contributed by atoms with Crippen LogP contribution in [0.5, 0.6) is 0 Å². The molecule has 1 spiro atoms. The highest BCUT2D eigenvalue weighted by Gasteiger charge is 2.49. The second-order valence-electron chi connectivity index (χ2n) is 13.3. The van der Waals surface area contributed by atoms with Crippen LogP contribution in [0, 0.1) is 23.2 Å². The molecule has 1 saturated carbocycles. The third-order valence-corrected chi connectivity index (χ3v) is 10.2. The highest BCUT2D eigenvalue weighted by molar-refractivity contribution is 6.02. The van der Waals surface area contributed by atoms with Gasteiger partial charge in [0.2, 0.25) is 0 Å². The van der Waals surface area contributed by atoms with E-state index in [-0.39, 0.29) is 46.7 Å². The first-order valence-corrected chi connectivity index (χ1v) is 18.1. The highest BCUT2D eigenvalue weighted by Crippen LogP contribution is 2.46. The molecule has 3 saturated heterocycles. The van der Waals surface area contributed by atoms with Gasteiger partial charge in [-0.3, -0.25) is 4.79 Å². The summed E-state index contributed by atoms with van der Waals surface area (Å²) in [6, 6.07) is 0. The molecular weight excluding hydrogens is 630 g/mol. The topological polar surface area (TPSA) is 118 Å². The summed E-state index contributed by atoms with van der Waals surface area (Å²) in [5.74, 6) is 0.856. The Morgan fingerprint density at radius 1 is 1.06 bits per heavy atom. The van der Waals surface area contributed by atoms with Crippen molar-refractivity contribution in [2.75, 3.05) is 20.8 Å². The zero-order valence-corrected chi connectivity index (χ0v) is 30.3. The molecule has 5 aliphatic rings. The van der Waals surface area contributed by atoms with E-state index in [1.165, 1.54) is 43.3 Å². The molecule has 2 aliphatic carbocycles. The number of carbonyl (C=O) groups excluding carboxylic acids is 1. The molecular formula is C42H77NO7. The van der Waals surface area contributed by atoms with Crippen LogP contribution in [0.4, 0.5) is 0 Å². The van der Waals surface area contributed by atoms with Gasteiger partial charge in [-0.1, -0.05) is 98.3 Å². The lowest BCUT2D eigenvalue weighted by molar-refractivity contribution is -0.341. The Balaban J connectivity index is 0. The molecule has 0 aromatic rings. The van der Waals surface area contributed by atoms with E-state index in [1.807, 2.05) is 20.8 Å². The average Bonchev–Trinajstić information content (AvgIpc) is 3.53. The van der Waals surface area contributed by atoms with E-state index in [1.54, 1.807) is 0 Å². The number of hydrogen-bond acceptors (Lipinski definition) is 8. The molecule has 4 fully saturated rings. The van der Waals surface area contributed by atoms with Crippen LogP contribution < -0.4 is 0 Å². The van der Waals surface area contributed by atoms with Gasteiger partial charge in [-0.2, -0.15) is 0 Å². The molecule has 3 N–H and O–H groups in total. The second kappa shape index (κ2) is 26.6. The standard InChI is InChI=1S/C35H51NO5.C2H6.2CH4O.3CH4/c1-24(10-6-4-9-13-28-22-38-34-31(28)17-15-25(2)32(34)36)14-16-29-20-30(39-23-37)21-35(40-29)19-18-26(3)33(41-35)27-11-7-5-8-12-27;3*1-2;;;/h4,9,13-15,23,26-27,29-31,33-34,36H,5-8,10-12,16-22H2,1-3H3;1-2H3;2*2H,1H3;3*1H4/b9-4+,24-14+,28-13+,36-32?;;;;;;/t26?,29-,30?,31?,33?,34?,35?;;;;;;/m1....../s1. The third kappa shape index (κ3) is 14.1. The minimum atomic E-state index is -0.628. The van der Waals surface area contributed by atoms with Crippen LogP contribution in [0.15, 0.2) is 47.1 Å². The molecule has 3 heterocycles. The molecule has 5 rings (SSSR count). The van der Waals surface area contributed by atoms with E-state index >= 15 is 0 Å². The van der Waals surface area contributed by atoms with Crippen LogP contribution in [0.2, 0.25) is 0 Å². The fourth-order valence-electron chi connectivity index (χ4n) is 7.75. The van der Waals surface area contributed by atoms with Crippen molar-refractivity contribution in [1.82, 2.24) is 0 Å². The summed E-state index contributed by atoms with van der Waals surface area (Å²) in [5, 5.41) is 22.3. The number of aliphatic hydroxyl groups is 2. The van der Waals surface area contributed by atoms with Crippen molar-refractivity contribution in [2.45, 2.75) is 171 Å². The van der Waals surface area contributed by atoms with E-state index in [2.05, 4.69) is 44.2 Å². The van der Waals surface area contributed by atoms with Crippen LogP contribution in [0.25, 0.3) is 0 Å². The molecule has 0 radical (unpaired) electrons. The van der Waals surface area contributed by atoms with E-state index in [0.29, 0.717) is 43.0 Å². The maximum atomic E-state index is 11.3. The van der Waals surface area contributed by atoms with Gasteiger partial charge in [-0.25, -0.2) is 0 Å². The number of nitrogens with one attached hydrogen (secondary N) is 1. The molecule has 6 unspecified atom stereocenters. The Labute approximate surface area is 307 Å². The van der Waals surface area contributed by atoms with Crippen LogP contribution in [-0.4, -0.2) is 73.4 Å². The van der Waals surface area contributed by atoms with E-state index in [9.17, 15) is 4.79 Å². The fourth-order valence-corrected chi connectivity index (χ4v) is 7.75. The summed E-state index contributed by atoms with van der Waals surface area (Å²) < 4.78 is 25.1. The first-order chi connectivity index (χ1) is 22.9. The maximum absolute atomic E-state index is 11.3. The Morgan fingerprint density at radius 2 is 1.74 bits per heavy atom. The smallest absolute Gasteiger partial charge is 0.293 e. The summed E-state index contributed by atoms with van der Waals surface area (Å²) in [6.07, 6.45) is 24.6. The summed E-state index contributed by atoms with van der Waals surface area (Å²) in [7, 11) is 2.00. The fraction of sp³-hybridized carbons (Fsp3) is 0.762. The van der Waals surface area contributed by atoms with Gasteiger partial charge < -0.3 is 34.6 Å². The monoisotopic (exact) mass is 708 g/mol. The molecule has 0 aromatic carbocycles. The average molecular weight is 708 g/mol. The molecule has 0 aromatic heterocycles. The van der Waals surface area contributed by atoms with Gasteiger partial charge in [-0.05, 0) is 81.8 Å². The van der Waals surface area contributed by atoms with Crippen molar-refractivity contribution in [2.24, 2.45) is 17.8 Å². The lowest BCUT2D eigenvalue weighted by Crippen LogP contribution is -2.55. The first-order valence-electron chi connectivity index (χ1n) is 18.1. The third-order valence-electron chi connectivity index (χ3n) is 10.2. The first kappa shape index (κ1) is 50.0. The number of carbonyl (C=O) groups is 1. The molecule has 8 heteroatoms. The highest BCUT2D eigenvalue weighted by atomic mass is 16.7. The van der Waals surface area contributed by atoms with Crippen LogP contribution >= 0.6 is 0 Å². The van der Waals surface area contributed by atoms with Gasteiger partial charge in [0.15, 0.2) is 5.79 Å². The van der Waals surface area contributed by atoms with Gasteiger partial charge in [0.05, 0.1) is 24.5 Å². The zero-order chi connectivity index (χ0) is 34.8. The molecule has 292 valence electrons. The number of ether oxygens (including phenoxy) is 4. The van der Waals surface area contributed by atoms with Crippen molar-refractivity contribution in [3.05, 3.63) is 47.1 Å². The molecule has 0 bridgehead atoms. The molecule has 7 atom stereocenters. The van der Waals surface area contributed by atoms with Crippen molar-refractivity contribution in [1.29, 1.82) is 5.41 Å². The van der Waals surface area contributed by atoms with E-state index in [4.69, 9.17) is 34.6 Å². The van der Waals surface area contributed by atoms with Gasteiger partial charge in [-0.15, -0.1) is 0 Å². The Kier molecular flexibility index (Phi) is 26.6. The molecule has 50 heavy (non-hydrogen) atoms. The molecule has 3 aliphatic heterocycles. The van der Waals surface area contributed by atoms with Crippen molar-refractivity contribution in [3.63, 3.8) is 0 Å². The zero-order valence-electron chi connectivity index (χ0n) is 30.3. The largest absolute Gasteiger partial charge is 0.464 e. The summed E-state index contributed by atoms with van der Waals surface area (Å²) in [6.45, 7) is 11.8. The summed E-state index contributed by atoms with van der Waals surface area (Å²) in [5.41, 5.74) is 4.34. The van der Waals surface area contributed by atoms with Crippen LogP contribution in [-0.2, 0) is 23.7 Å². The van der Waals surface area contributed by atoms with Crippen LogP contribution in [0.3, 0.4) is 0 Å². The van der Waals surface area contributed by atoms with Gasteiger partial charge in [0.25, 0.3) is 6.47 Å². The predicted molar refractivity (Wildman–Crippen MR) is 210 cm³/mol. The summed E-state index contributed by atoms with van der Waals surface area (Å²) >= 11 is 0. The normalized spacial score (nSPS) is 31.5. The van der Waals surface area contributed by atoms with Gasteiger partial charge in [0.1, 0.15) is 12.2 Å². The number of fused-ring (bicyclic) bond motifs is 1. The quantitative estimate of drug-likeness (QED) is 0.161. The number of hydrogen-bond donors (Lipinski definition) is 3. The van der Waals surface area contributed by atoms with Gasteiger partial charge in [0, 0.05) is 39.4 Å². The Bertz CT molecular complexity index is 1060. The van der Waals surface area contributed by atoms with E-state index in [0.717, 1.165) is 64.7 Å². The van der Waals surface area contributed by atoms with E-state index < -0.39 is 5.79 Å². The molecule has 0 amide bonds. The van der Waals surface area contributed by atoms with Crippen molar-refractivity contribution >= 4 is 12.2 Å². The molecule has 8 nitrogen and oxygen atoms in total.